The zero-order valence-electron chi connectivity index (χ0n) is 28.7. The summed E-state index contributed by atoms with van der Waals surface area (Å²) in [5, 5.41) is 12.5. The number of ether oxygens (including phenoxy) is 1. The van der Waals surface area contributed by atoms with Crippen LogP contribution in [0.5, 0.6) is 5.75 Å². The van der Waals surface area contributed by atoms with E-state index in [1.807, 2.05) is 24.3 Å². The molecular weight excluding hydrogens is 704 g/mol. The number of piperazine rings is 1. The third-order valence-electron chi connectivity index (χ3n) is 9.79. The lowest BCUT2D eigenvalue weighted by Gasteiger charge is -2.45. The second kappa shape index (κ2) is 16.0. The van der Waals surface area contributed by atoms with Gasteiger partial charge < -0.3 is 25.0 Å². The van der Waals surface area contributed by atoms with Crippen LogP contribution >= 0.6 is 0 Å². The maximum atomic E-state index is 14.6. The van der Waals surface area contributed by atoms with E-state index in [1.165, 1.54) is 6.07 Å². The first-order valence-electron chi connectivity index (χ1n) is 17.6. The molecule has 2 bridgehead atoms. The van der Waals surface area contributed by atoms with E-state index in [-0.39, 0.29) is 62.9 Å². The van der Waals surface area contributed by atoms with E-state index in [0.29, 0.717) is 55.9 Å². The SMILES string of the molecule is O=C(O)CCCC(=O)N1C[C@H]2CC(c3ccc(CCCOc4c(F)ccc(F)c4F)cc3)=C(C(=O)N(Cc3cccc(C(F)(F)F)c3)C3CC3)[C@@H](C1)N2. The first kappa shape index (κ1) is 37.9. The topological polar surface area (TPSA) is 99.2 Å². The van der Waals surface area contributed by atoms with Crippen LogP contribution in [-0.4, -0.2) is 70.5 Å². The number of alkyl halides is 3. The quantitative estimate of drug-likeness (QED) is 0.106. The first-order chi connectivity index (χ1) is 25.3. The smallest absolute Gasteiger partial charge is 0.416 e. The second-order valence-corrected chi connectivity index (χ2v) is 13.7. The van der Waals surface area contributed by atoms with Gasteiger partial charge in [-0.25, -0.2) is 8.78 Å². The molecule has 282 valence electrons. The largest absolute Gasteiger partial charge is 0.488 e. The molecule has 14 heteroatoms. The number of hydrogen-bond donors (Lipinski definition) is 2. The maximum absolute atomic E-state index is 14.6. The van der Waals surface area contributed by atoms with Crippen LogP contribution < -0.4 is 10.1 Å². The summed E-state index contributed by atoms with van der Waals surface area (Å²) in [6.45, 7) is 0.434. The number of carbonyl (C=O) groups is 3. The molecule has 0 unspecified atom stereocenters. The summed E-state index contributed by atoms with van der Waals surface area (Å²) in [5.74, 6) is -5.90. The van der Waals surface area contributed by atoms with Crippen LogP contribution in [0.3, 0.4) is 0 Å². The Balaban J connectivity index is 1.24. The molecule has 1 saturated carbocycles. The van der Waals surface area contributed by atoms with Crippen molar-refractivity contribution in [1.82, 2.24) is 15.1 Å². The molecule has 3 aromatic carbocycles. The van der Waals surface area contributed by atoms with Gasteiger partial charge in [-0.1, -0.05) is 36.4 Å². The molecule has 0 aromatic heterocycles. The standard InChI is InChI=1S/C39H39F6N3O5/c40-30-15-16-31(41)37(36(30)42)53-17-3-5-23-9-11-25(12-10-23)29-19-27-21-47(33(49)7-2-8-34(50)51)22-32(46-27)35(29)38(52)48(28-13-14-28)20-24-4-1-6-26(18-24)39(43,44)45/h1,4,6,9-12,15-16,18,27-28,32,46H,2-3,5,7-8,13-14,17,19-22H2,(H,50,51)/t27-,32-/m1/s1. The number of halogens is 6. The average molecular weight is 744 g/mol. The number of rotatable bonds is 14. The van der Waals surface area contributed by atoms with Gasteiger partial charge >= 0.3 is 12.1 Å². The lowest BCUT2D eigenvalue weighted by atomic mass is 9.82. The molecule has 3 aromatic rings. The Morgan fingerprint density at radius 3 is 2.34 bits per heavy atom. The van der Waals surface area contributed by atoms with Gasteiger partial charge in [0.1, 0.15) is 0 Å². The highest BCUT2D eigenvalue weighted by molar-refractivity contribution is 6.03. The minimum absolute atomic E-state index is 0.0252. The summed E-state index contributed by atoms with van der Waals surface area (Å²) in [7, 11) is 0. The number of aryl methyl sites for hydroxylation is 1. The Kier molecular flexibility index (Phi) is 11.5. The third-order valence-corrected chi connectivity index (χ3v) is 9.79. The maximum Gasteiger partial charge on any atom is 0.416 e. The number of aliphatic carboxylic acids is 1. The van der Waals surface area contributed by atoms with Gasteiger partial charge in [-0.05, 0) is 85.1 Å². The van der Waals surface area contributed by atoms with Crippen molar-refractivity contribution in [3.63, 3.8) is 0 Å². The van der Waals surface area contributed by atoms with Gasteiger partial charge in [0.15, 0.2) is 17.4 Å². The molecule has 1 aliphatic carbocycles. The van der Waals surface area contributed by atoms with E-state index in [4.69, 9.17) is 9.84 Å². The summed E-state index contributed by atoms with van der Waals surface area (Å²) in [6.07, 6.45) is -1.80. The number of nitrogens with one attached hydrogen (secondary N) is 1. The number of carbonyl (C=O) groups excluding carboxylic acids is 2. The van der Waals surface area contributed by atoms with Gasteiger partial charge in [-0.2, -0.15) is 17.6 Å². The Morgan fingerprint density at radius 2 is 1.64 bits per heavy atom. The molecule has 53 heavy (non-hydrogen) atoms. The second-order valence-electron chi connectivity index (χ2n) is 13.7. The molecule has 0 radical (unpaired) electrons. The molecule has 2 fully saturated rings. The van der Waals surface area contributed by atoms with Crippen LogP contribution in [0, 0.1) is 17.5 Å². The number of hydrogen-bond acceptors (Lipinski definition) is 5. The van der Waals surface area contributed by atoms with E-state index in [0.717, 1.165) is 34.9 Å². The highest BCUT2D eigenvalue weighted by Crippen LogP contribution is 2.38. The summed E-state index contributed by atoms with van der Waals surface area (Å²) in [6, 6.07) is 13.0. The zero-order chi connectivity index (χ0) is 37.9. The number of carboxylic acids is 1. The van der Waals surface area contributed by atoms with Crippen molar-refractivity contribution in [2.24, 2.45) is 0 Å². The minimum Gasteiger partial charge on any atom is -0.488 e. The van der Waals surface area contributed by atoms with Gasteiger partial charge in [-0.3, -0.25) is 14.4 Å². The molecular formula is C39H39F6N3O5. The minimum atomic E-state index is -4.54. The van der Waals surface area contributed by atoms with E-state index in [2.05, 4.69) is 5.32 Å². The Hall–Kier alpha value is -4.85. The molecule has 8 nitrogen and oxygen atoms in total. The van der Waals surface area contributed by atoms with Crippen molar-refractivity contribution >= 4 is 23.4 Å². The fourth-order valence-electron chi connectivity index (χ4n) is 7.03. The number of benzene rings is 3. The molecule has 1 saturated heterocycles. The van der Waals surface area contributed by atoms with Crippen molar-refractivity contribution in [3.05, 3.63) is 106 Å². The third kappa shape index (κ3) is 9.21. The summed E-state index contributed by atoms with van der Waals surface area (Å²) >= 11 is 0. The lowest BCUT2D eigenvalue weighted by Crippen LogP contribution is -2.62. The summed E-state index contributed by atoms with van der Waals surface area (Å²) in [5.41, 5.74) is 2.39. The first-order valence-corrected chi connectivity index (χ1v) is 17.6. The molecule has 2 amide bonds. The molecule has 2 atom stereocenters. The van der Waals surface area contributed by atoms with E-state index >= 15 is 0 Å². The van der Waals surface area contributed by atoms with Crippen LogP contribution in [0.1, 0.15) is 67.2 Å². The molecule has 6 rings (SSSR count). The van der Waals surface area contributed by atoms with E-state index < -0.39 is 47.0 Å². The number of nitrogens with zero attached hydrogens (tertiary/aromatic N) is 2. The number of amides is 2. The van der Waals surface area contributed by atoms with Crippen molar-refractivity contribution < 1.29 is 50.6 Å². The Bertz CT molecular complexity index is 1880. The van der Waals surface area contributed by atoms with Crippen LogP contribution in [0.15, 0.2) is 66.2 Å². The predicted octanol–water partition coefficient (Wildman–Crippen LogP) is 6.91. The molecule has 0 spiro atoms. The van der Waals surface area contributed by atoms with E-state index in [1.54, 1.807) is 15.9 Å². The van der Waals surface area contributed by atoms with Crippen molar-refractivity contribution in [1.29, 1.82) is 0 Å². The summed E-state index contributed by atoms with van der Waals surface area (Å²) < 4.78 is 87.2. The Morgan fingerprint density at radius 1 is 0.906 bits per heavy atom. The van der Waals surface area contributed by atoms with Crippen molar-refractivity contribution in [3.8, 4) is 5.75 Å². The molecule has 3 aliphatic rings. The fourth-order valence-corrected chi connectivity index (χ4v) is 7.03. The van der Waals surface area contributed by atoms with Crippen molar-refractivity contribution in [2.75, 3.05) is 19.7 Å². The summed E-state index contributed by atoms with van der Waals surface area (Å²) in [4.78, 5) is 42.1. The van der Waals surface area contributed by atoms with Crippen LogP contribution in [0.25, 0.3) is 5.57 Å². The molecule has 2 N–H and O–H groups in total. The van der Waals surface area contributed by atoms with Crippen LogP contribution in [-0.2, 0) is 33.5 Å². The highest BCUT2D eigenvalue weighted by atomic mass is 19.4. The highest BCUT2D eigenvalue weighted by Gasteiger charge is 2.43. The lowest BCUT2D eigenvalue weighted by molar-refractivity contribution is -0.139. The monoisotopic (exact) mass is 743 g/mol. The van der Waals surface area contributed by atoms with Gasteiger partial charge in [0.2, 0.25) is 11.7 Å². The average Bonchev–Trinajstić information content (AvgIpc) is 3.97. The number of fused-ring (bicyclic) bond motifs is 2. The predicted molar refractivity (Wildman–Crippen MR) is 182 cm³/mol. The Labute approximate surface area is 302 Å². The van der Waals surface area contributed by atoms with Gasteiger partial charge in [0, 0.05) is 50.1 Å². The van der Waals surface area contributed by atoms with Gasteiger partial charge in [-0.15, -0.1) is 0 Å². The number of carboxylic acid groups (broad SMARTS) is 1. The van der Waals surface area contributed by atoms with Gasteiger partial charge in [0.05, 0.1) is 18.2 Å². The van der Waals surface area contributed by atoms with Crippen LogP contribution in [0.2, 0.25) is 0 Å². The zero-order valence-corrected chi connectivity index (χ0v) is 28.7. The van der Waals surface area contributed by atoms with E-state index in [9.17, 15) is 40.7 Å². The normalized spacial score (nSPS) is 18.6. The fraction of sp³-hybridized carbons (Fsp3) is 0.410. The molecule has 2 aliphatic heterocycles. The van der Waals surface area contributed by atoms with Gasteiger partial charge in [0.25, 0.3) is 5.91 Å². The molecule has 2 heterocycles. The van der Waals surface area contributed by atoms with Crippen molar-refractivity contribution in [2.45, 2.75) is 82.2 Å². The van der Waals surface area contributed by atoms with Crippen LogP contribution in [0.4, 0.5) is 26.3 Å².